The first-order chi connectivity index (χ1) is 7.62. The molecule has 1 saturated heterocycles. The molecule has 0 aromatic rings. The van der Waals surface area contributed by atoms with Crippen LogP contribution in [-0.2, 0) is 4.79 Å². The summed E-state index contributed by atoms with van der Waals surface area (Å²) in [5.74, 6) is -0.689. The normalized spacial score (nSPS) is 25.6. The zero-order valence-corrected chi connectivity index (χ0v) is 9.91. The monoisotopic (exact) mass is 227 g/mol. The zero-order chi connectivity index (χ0) is 11.6. The zero-order valence-electron chi connectivity index (χ0n) is 9.91. The van der Waals surface area contributed by atoms with Crippen LogP contribution in [0.4, 0.5) is 0 Å². The Hall–Kier alpha value is -0.650. The van der Waals surface area contributed by atoms with Gasteiger partial charge in [-0.1, -0.05) is 0 Å². The lowest BCUT2D eigenvalue weighted by atomic mass is 10.2. The van der Waals surface area contributed by atoms with Gasteiger partial charge in [0, 0.05) is 39.3 Å². The average molecular weight is 227 g/mol. The largest absolute Gasteiger partial charge is 0.480 e. The fourth-order valence-corrected chi connectivity index (χ4v) is 2.12. The molecule has 0 bridgehead atoms. The van der Waals surface area contributed by atoms with Gasteiger partial charge in [-0.05, 0) is 19.9 Å². The Bertz CT molecular complexity index is 258. The molecule has 1 heterocycles. The van der Waals surface area contributed by atoms with Crippen LogP contribution in [0, 0.1) is 0 Å². The van der Waals surface area contributed by atoms with Gasteiger partial charge in [0.1, 0.15) is 5.54 Å². The smallest absolute Gasteiger partial charge is 0.323 e. The van der Waals surface area contributed by atoms with E-state index in [0.717, 1.165) is 52.1 Å². The third-order valence-corrected chi connectivity index (χ3v) is 3.65. The first kappa shape index (κ1) is 11.8. The van der Waals surface area contributed by atoms with Crippen molar-refractivity contribution < 1.29 is 9.90 Å². The Morgan fingerprint density at radius 2 is 1.94 bits per heavy atom. The molecule has 1 aliphatic carbocycles. The van der Waals surface area contributed by atoms with E-state index in [-0.39, 0.29) is 0 Å². The highest BCUT2D eigenvalue weighted by molar-refractivity contribution is 5.82. The molecule has 0 atom stereocenters. The summed E-state index contributed by atoms with van der Waals surface area (Å²) in [7, 11) is 2.14. The summed E-state index contributed by atoms with van der Waals surface area (Å²) < 4.78 is 0. The second-order valence-corrected chi connectivity index (χ2v) is 4.96. The number of rotatable bonds is 5. The average Bonchev–Trinajstić information content (AvgIpc) is 3.02. The molecule has 5 heteroatoms. The molecule has 5 nitrogen and oxygen atoms in total. The molecule has 0 unspecified atom stereocenters. The Kier molecular flexibility index (Phi) is 3.47. The van der Waals surface area contributed by atoms with Gasteiger partial charge < -0.3 is 15.3 Å². The minimum Gasteiger partial charge on any atom is -0.480 e. The summed E-state index contributed by atoms with van der Waals surface area (Å²) in [6.45, 7) is 6.17. The molecular formula is C11H21N3O2. The maximum Gasteiger partial charge on any atom is 0.323 e. The Balaban J connectivity index is 1.63. The van der Waals surface area contributed by atoms with Crippen LogP contribution in [0.5, 0.6) is 0 Å². The van der Waals surface area contributed by atoms with Crippen LogP contribution in [0.3, 0.4) is 0 Å². The molecule has 0 aromatic heterocycles. The lowest BCUT2D eigenvalue weighted by Crippen LogP contribution is -2.48. The predicted octanol–water partition coefficient (Wildman–Crippen LogP) is -0.559. The van der Waals surface area contributed by atoms with Crippen molar-refractivity contribution in [1.82, 2.24) is 15.1 Å². The van der Waals surface area contributed by atoms with Crippen molar-refractivity contribution in [3.05, 3.63) is 0 Å². The van der Waals surface area contributed by atoms with Crippen LogP contribution in [0.1, 0.15) is 12.8 Å². The standard InChI is InChI=1S/C11H21N3O2/c1-13-6-8-14(9-7-13)5-4-12-11(2-3-11)10(15)16/h12H,2-9H2,1H3,(H,15,16). The van der Waals surface area contributed by atoms with E-state index in [1.54, 1.807) is 0 Å². The van der Waals surface area contributed by atoms with E-state index >= 15 is 0 Å². The van der Waals surface area contributed by atoms with Gasteiger partial charge in [0.05, 0.1) is 0 Å². The summed E-state index contributed by atoms with van der Waals surface area (Å²) in [6.07, 6.45) is 1.57. The lowest BCUT2D eigenvalue weighted by Gasteiger charge is -2.32. The number of piperazine rings is 1. The fourth-order valence-electron chi connectivity index (χ4n) is 2.12. The van der Waals surface area contributed by atoms with Gasteiger partial charge in [0.25, 0.3) is 0 Å². The first-order valence-electron chi connectivity index (χ1n) is 6.02. The maximum atomic E-state index is 10.9. The molecule has 0 aromatic carbocycles. The molecule has 0 amide bonds. The van der Waals surface area contributed by atoms with E-state index in [9.17, 15) is 4.79 Å². The van der Waals surface area contributed by atoms with Crippen molar-refractivity contribution in [3.8, 4) is 0 Å². The van der Waals surface area contributed by atoms with Crippen molar-refractivity contribution in [2.45, 2.75) is 18.4 Å². The lowest BCUT2D eigenvalue weighted by molar-refractivity contribution is -0.140. The van der Waals surface area contributed by atoms with Gasteiger partial charge in [-0.2, -0.15) is 0 Å². The second-order valence-electron chi connectivity index (χ2n) is 4.96. The number of aliphatic carboxylic acids is 1. The minimum absolute atomic E-state index is 0.577. The molecule has 1 saturated carbocycles. The molecular weight excluding hydrogens is 206 g/mol. The van der Waals surface area contributed by atoms with E-state index < -0.39 is 11.5 Å². The molecule has 2 N–H and O–H groups in total. The van der Waals surface area contributed by atoms with E-state index in [1.807, 2.05) is 0 Å². The number of carbonyl (C=O) groups is 1. The second kappa shape index (κ2) is 4.69. The summed E-state index contributed by atoms with van der Waals surface area (Å²) in [4.78, 5) is 15.6. The molecule has 1 aliphatic heterocycles. The number of carboxylic acids is 1. The predicted molar refractivity (Wildman–Crippen MR) is 61.5 cm³/mol. The van der Waals surface area contributed by atoms with Crippen molar-refractivity contribution in [2.75, 3.05) is 46.3 Å². The van der Waals surface area contributed by atoms with Gasteiger partial charge in [0.2, 0.25) is 0 Å². The van der Waals surface area contributed by atoms with E-state index in [4.69, 9.17) is 5.11 Å². The van der Waals surface area contributed by atoms with Crippen LogP contribution in [0.15, 0.2) is 0 Å². The SMILES string of the molecule is CN1CCN(CCNC2(C(=O)O)CC2)CC1. The van der Waals surface area contributed by atoms with E-state index in [0.29, 0.717) is 0 Å². The van der Waals surface area contributed by atoms with Gasteiger partial charge in [-0.3, -0.25) is 9.69 Å². The molecule has 2 rings (SSSR count). The number of hydrogen-bond donors (Lipinski definition) is 2. The maximum absolute atomic E-state index is 10.9. The van der Waals surface area contributed by atoms with Crippen molar-refractivity contribution in [3.63, 3.8) is 0 Å². The molecule has 2 aliphatic rings. The van der Waals surface area contributed by atoms with Crippen molar-refractivity contribution in [2.24, 2.45) is 0 Å². The van der Waals surface area contributed by atoms with Gasteiger partial charge in [-0.25, -0.2) is 0 Å². The van der Waals surface area contributed by atoms with Crippen LogP contribution < -0.4 is 5.32 Å². The van der Waals surface area contributed by atoms with Gasteiger partial charge in [0.15, 0.2) is 0 Å². The Morgan fingerprint density at radius 3 is 2.44 bits per heavy atom. The molecule has 2 fully saturated rings. The fraction of sp³-hybridized carbons (Fsp3) is 0.909. The molecule has 92 valence electrons. The van der Waals surface area contributed by atoms with Crippen LogP contribution in [0.25, 0.3) is 0 Å². The summed E-state index contributed by atoms with van der Waals surface area (Å²) >= 11 is 0. The van der Waals surface area contributed by atoms with E-state index in [2.05, 4.69) is 22.2 Å². The Labute approximate surface area is 96.4 Å². The number of hydrogen-bond acceptors (Lipinski definition) is 4. The van der Waals surface area contributed by atoms with Crippen LogP contribution in [-0.4, -0.2) is 72.7 Å². The van der Waals surface area contributed by atoms with E-state index in [1.165, 1.54) is 0 Å². The number of nitrogens with one attached hydrogen (secondary N) is 1. The minimum atomic E-state index is -0.689. The summed E-state index contributed by atoms with van der Waals surface area (Å²) in [5.41, 5.74) is -0.577. The van der Waals surface area contributed by atoms with Gasteiger partial charge in [-0.15, -0.1) is 0 Å². The van der Waals surface area contributed by atoms with Crippen LogP contribution in [0.2, 0.25) is 0 Å². The molecule has 0 spiro atoms. The highest BCUT2D eigenvalue weighted by Gasteiger charge is 2.49. The van der Waals surface area contributed by atoms with Crippen molar-refractivity contribution >= 4 is 5.97 Å². The molecule has 16 heavy (non-hydrogen) atoms. The first-order valence-corrected chi connectivity index (χ1v) is 6.02. The topological polar surface area (TPSA) is 55.8 Å². The summed E-state index contributed by atoms with van der Waals surface area (Å²) in [5, 5.41) is 12.2. The van der Waals surface area contributed by atoms with Crippen molar-refractivity contribution in [1.29, 1.82) is 0 Å². The Morgan fingerprint density at radius 1 is 1.31 bits per heavy atom. The third-order valence-electron chi connectivity index (χ3n) is 3.65. The number of nitrogens with zero attached hydrogens (tertiary/aromatic N) is 2. The highest BCUT2D eigenvalue weighted by Crippen LogP contribution is 2.35. The quantitative estimate of drug-likeness (QED) is 0.659. The highest BCUT2D eigenvalue weighted by atomic mass is 16.4. The van der Waals surface area contributed by atoms with Crippen LogP contribution >= 0.6 is 0 Å². The molecule has 0 radical (unpaired) electrons. The third kappa shape index (κ3) is 2.72. The summed E-state index contributed by atoms with van der Waals surface area (Å²) in [6, 6.07) is 0. The van der Waals surface area contributed by atoms with Gasteiger partial charge >= 0.3 is 5.97 Å². The number of carboxylic acid groups (broad SMARTS) is 1. The number of likely N-dealkylation sites (N-methyl/N-ethyl adjacent to an activating group) is 1.